The van der Waals surface area contributed by atoms with E-state index in [0.29, 0.717) is 19.4 Å². The molecule has 1 aliphatic heterocycles. The van der Waals surface area contributed by atoms with E-state index >= 15 is 0 Å². The van der Waals surface area contributed by atoms with E-state index in [1.807, 2.05) is 0 Å². The molecule has 0 aromatic heterocycles. The first-order valence-electron chi connectivity index (χ1n) is 4.12. The minimum atomic E-state index is -5.22. The van der Waals surface area contributed by atoms with E-state index in [4.69, 9.17) is 0 Å². The molecule has 1 saturated heterocycles. The van der Waals surface area contributed by atoms with Gasteiger partial charge in [0.1, 0.15) is 0 Å². The van der Waals surface area contributed by atoms with E-state index in [1.165, 1.54) is 0 Å². The molecule has 1 heterocycles. The van der Waals surface area contributed by atoms with Crippen LogP contribution in [0.1, 0.15) is 12.8 Å². The van der Waals surface area contributed by atoms with Crippen LogP contribution in [0.2, 0.25) is 0 Å². The van der Waals surface area contributed by atoms with Crippen molar-refractivity contribution < 1.29 is 21.6 Å². The van der Waals surface area contributed by atoms with Crippen LogP contribution in [-0.4, -0.2) is 33.1 Å². The normalized spacial score (nSPS) is 24.9. The van der Waals surface area contributed by atoms with Crippen molar-refractivity contribution >= 4 is 10.0 Å². The number of sulfonamides is 1. The average Bonchev–Trinajstić information content (AvgIpc) is 2.03. The van der Waals surface area contributed by atoms with Crippen molar-refractivity contribution in [3.63, 3.8) is 0 Å². The first-order valence-corrected chi connectivity index (χ1v) is 5.60. The van der Waals surface area contributed by atoms with Gasteiger partial charge >= 0.3 is 15.5 Å². The highest BCUT2D eigenvalue weighted by atomic mass is 32.2. The van der Waals surface area contributed by atoms with Crippen molar-refractivity contribution in [1.82, 2.24) is 10.0 Å². The van der Waals surface area contributed by atoms with Crippen LogP contribution in [0.15, 0.2) is 0 Å². The van der Waals surface area contributed by atoms with Crippen molar-refractivity contribution in [3.8, 4) is 0 Å². The summed E-state index contributed by atoms with van der Waals surface area (Å²) in [6, 6.07) is -0.657. The number of rotatable bonds is 2. The highest BCUT2D eigenvalue weighted by Gasteiger charge is 2.46. The van der Waals surface area contributed by atoms with E-state index in [-0.39, 0.29) is 6.54 Å². The summed E-state index contributed by atoms with van der Waals surface area (Å²) in [6.07, 6.45) is 1.10. The van der Waals surface area contributed by atoms with Crippen molar-refractivity contribution in [1.29, 1.82) is 0 Å². The molecule has 0 saturated carbocycles. The number of alkyl halides is 3. The number of halogens is 3. The Bertz CT molecular complexity index is 282. The van der Waals surface area contributed by atoms with Gasteiger partial charge in [-0.2, -0.15) is 13.2 Å². The molecule has 0 aromatic carbocycles. The number of hydrogen-bond acceptors (Lipinski definition) is 3. The summed E-state index contributed by atoms with van der Waals surface area (Å²) >= 11 is 0. The van der Waals surface area contributed by atoms with Gasteiger partial charge in [0.15, 0.2) is 0 Å². The van der Waals surface area contributed by atoms with E-state index in [9.17, 15) is 21.6 Å². The fourth-order valence-electron chi connectivity index (χ4n) is 1.24. The number of hydrogen-bond donors (Lipinski definition) is 2. The lowest BCUT2D eigenvalue weighted by Crippen LogP contribution is -2.49. The van der Waals surface area contributed by atoms with Crippen molar-refractivity contribution in [3.05, 3.63) is 0 Å². The molecule has 0 aromatic rings. The third-order valence-corrected chi connectivity index (χ3v) is 3.18. The fraction of sp³-hybridized carbons (Fsp3) is 1.00. The van der Waals surface area contributed by atoms with Crippen molar-refractivity contribution in [2.45, 2.75) is 24.4 Å². The standard InChI is InChI=1S/C6H11F3N2O2S/c7-6(8,9)14(12,13)11-5-2-1-3-10-4-5/h5,10-11H,1-4H2/t5-/m0/s1. The highest BCUT2D eigenvalue weighted by Crippen LogP contribution is 2.22. The maximum absolute atomic E-state index is 11.9. The van der Waals surface area contributed by atoms with Crippen LogP contribution < -0.4 is 10.0 Å². The van der Waals surface area contributed by atoms with Gasteiger partial charge in [-0.15, -0.1) is 0 Å². The summed E-state index contributed by atoms with van der Waals surface area (Å²) in [5.74, 6) is 0. The summed E-state index contributed by atoms with van der Waals surface area (Å²) in [7, 11) is -5.19. The Balaban J connectivity index is 2.58. The molecule has 1 fully saturated rings. The summed E-state index contributed by atoms with van der Waals surface area (Å²) < 4.78 is 58.7. The van der Waals surface area contributed by atoms with Crippen LogP contribution in [0.3, 0.4) is 0 Å². The molecule has 14 heavy (non-hydrogen) atoms. The van der Waals surface area contributed by atoms with Gasteiger partial charge in [-0.3, -0.25) is 0 Å². The Hall–Kier alpha value is -0.340. The maximum Gasteiger partial charge on any atom is 0.511 e. The minimum Gasteiger partial charge on any atom is -0.315 e. The SMILES string of the molecule is O=S(=O)(N[C@H]1CCCNC1)C(F)(F)F. The van der Waals surface area contributed by atoms with Gasteiger partial charge in [-0.1, -0.05) is 0 Å². The lowest BCUT2D eigenvalue weighted by Gasteiger charge is -2.23. The van der Waals surface area contributed by atoms with Gasteiger partial charge in [0.2, 0.25) is 0 Å². The summed E-state index contributed by atoms with van der Waals surface area (Å²) in [4.78, 5) is 0. The maximum atomic E-state index is 11.9. The first-order chi connectivity index (χ1) is 6.33. The molecule has 0 amide bonds. The molecule has 2 N–H and O–H groups in total. The predicted molar refractivity (Wildman–Crippen MR) is 44.0 cm³/mol. The smallest absolute Gasteiger partial charge is 0.315 e. The van der Waals surface area contributed by atoms with Gasteiger partial charge in [0.25, 0.3) is 0 Å². The second-order valence-electron chi connectivity index (χ2n) is 3.11. The van der Waals surface area contributed by atoms with Crippen LogP contribution in [0.25, 0.3) is 0 Å². The molecule has 1 atom stereocenters. The molecule has 1 aliphatic rings. The zero-order valence-electron chi connectivity index (χ0n) is 7.26. The molecule has 84 valence electrons. The van der Waals surface area contributed by atoms with Crippen molar-refractivity contribution in [2.24, 2.45) is 0 Å². The summed E-state index contributed by atoms with van der Waals surface area (Å²) in [5, 5.41) is 2.81. The molecule has 4 nitrogen and oxygen atoms in total. The van der Waals surface area contributed by atoms with Gasteiger partial charge in [0.05, 0.1) is 0 Å². The zero-order chi connectivity index (χ0) is 10.8. The summed E-state index contributed by atoms with van der Waals surface area (Å²) in [5.41, 5.74) is -5.22. The molecule has 0 bridgehead atoms. The van der Waals surface area contributed by atoms with Gasteiger partial charge in [0, 0.05) is 12.6 Å². The summed E-state index contributed by atoms with van der Waals surface area (Å²) in [6.45, 7) is 0.958. The van der Waals surface area contributed by atoms with E-state index in [1.54, 1.807) is 4.72 Å². The highest BCUT2D eigenvalue weighted by molar-refractivity contribution is 7.90. The molecule has 1 rings (SSSR count). The fourth-order valence-corrected chi connectivity index (χ4v) is 2.01. The van der Waals surface area contributed by atoms with Gasteiger partial charge in [-0.25, -0.2) is 13.1 Å². The second kappa shape index (κ2) is 4.03. The molecule has 0 aliphatic carbocycles. The quantitative estimate of drug-likeness (QED) is 0.714. The number of nitrogens with one attached hydrogen (secondary N) is 2. The monoisotopic (exact) mass is 232 g/mol. The Kier molecular flexibility index (Phi) is 3.38. The van der Waals surface area contributed by atoms with Crippen LogP contribution >= 0.6 is 0 Å². The van der Waals surface area contributed by atoms with E-state index < -0.39 is 21.6 Å². The van der Waals surface area contributed by atoms with E-state index in [0.717, 1.165) is 0 Å². The molecule has 0 radical (unpaired) electrons. The molecule has 0 unspecified atom stereocenters. The topological polar surface area (TPSA) is 58.2 Å². The predicted octanol–water partition coefficient (Wildman–Crippen LogP) is 0.178. The van der Waals surface area contributed by atoms with Crippen LogP contribution in [0.4, 0.5) is 13.2 Å². The zero-order valence-corrected chi connectivity index (χ0v) is 8.08. The van der Waals surface area contributed by atoms with Gasteiger partial charge in [-0.05, 0) is 19.4 Å². The lowest BCUT2D eigenvalue weighted by atomic mass is 10.1. The third-order valence-electron chi connectivity index (χ3n) is 1.92. The largest absolute Gasteiger partial charge is 0.511 e. The van der Waals surface area contributed by atoms with Crippen LogP contribution in [0.5, 0.6) is 0 Å². The first kappa shape index (κ1) is 11.7. The molecule has 0 spiro atoms. The third kappa shape index (κ3) is 2.82. The molecular weight excluding hydrogens is 221 g/mol. The van der Waals surface area contributed by atoms with Crippen LogP contribution in [0, 0.1) is 0 Å². The Morgan fingerprint density at radius 1 is 1.36 bits per heavy atom. The Labute approximate surface area is 79.9 Å². The Morgan fingerprint density at radius 3 is 2.43 bits per heavy atom. The van der Waals surface area contributed by atoms with Gasteiger partial charge < -0.3 is 5.32 Å². The average molecular weight is 232 g/mol. The molecule has 8 heteroatoms. The van der Waals surface area contributed by atoms with E-state index in [2.05, 4.69) is 5.32 Å². The van der Waals surface area contributed by atoms with Crippen LogP contribution in [-0.2, 0) is 10.0 Å². The number of piperidine rings is 1. The second-order valence-corrected chi connectivity index (χ2v) is 4.82. The lowest BCUT2D eigenvalue weighted by molar-refractivity contribution is -0.0451. The van der Waals surface area contributed by atoms with Crippen molar-refractivity contribution in [2.75, 3.05) is 13.1 Å². The molecular formula is C6H11F3N2O2S. The minimum absolute atomic E-state index is 0.245. The Morgan fingerprint density at radius 2 is 2.00 bits per heavy atom.